The number of halogens is 1. The molecule has 4 aromatic rings. The van der Waals surface area contributed by atoms with Crippen LogP contribution < -0.4 is 5.56 Å². The van der Waals surface area contributed by atoms with Crippen LogP contribution in [0.4, 0.5) is 0 Å². The summed E-state index contributed by atoms with van der Waals surface area (Å²) in [5.41, 5.74) is 5.13. The van der Waals surface area contributed by atoms with Crippen molar-refractivity contribution in [3.63, 3.8) is 0 Å². The van der Waals surface area contributed by atoms with Crippen LogP contribution in [0.5, 0.6) is 0 Å². The van der Waals surface area contributed by atoms with Gasteiger partial charge < -0.3 is 4.57 Å². The fraction of sp³-hybridized carbons (Fsp3) is 0.0435. The summed E-state index contributed by atoms with van der Waals surface area (Å²) < 4.78 is 3.18. The zero-order valence-corrected chi connectivity index (χ0v) is 16.0. The monoisotopic (exact) mass is 414 g/mol. The topological polar surface area (TPSA) is 34.9 Å². The Balaban J connectivity index is 1.84. The first-order valence-electron chi connectivity index (χ1n) is 8.76. The fourth-order valence-electron chi connectivity index (χ4n) is 3.67. The summed E-state index contributed by atoms with van der Waals surface area (Å²) in [6, 6.07) is 24.2. The summed E-state index contributed by atoms with van der Waals surface area (Å²) in [7, 11) is 0. The van der Waals surface area contributed by atoms with Crippen LogP contribution in [0.3, 0.4) is 0 Å². The smallest absolute Gasteiger partial charge is 0.281 e. The van der Waals surface area contributed by atoms with Crippen molar-refractivity contribution < 1.29 is 0 Å². The summed E-state index contributed by atoms with van der Waals surface area (Å²) in [6.07, 6.45) is 2.11. The Hall–Kier alpha value is -2.98. The minimum atomic E-state index is -0.182. The first kappa shape index (κ1) is 16.2. The molecule has 0 bridgehead atoms. The second-order valence-corrected chi connectivity index (χ2v) is 7.53. The van der Waals surface area contributed by atoms with E-state index >= 15 is 0 Å². The number of para-hydroxylation sites is 1. The van der Waals surface area contributed by atoms with Crippen LogP contribution in [0.25, 0.3) is 22.6 Å². The van der Waals surface area contributed by atoms with Crippen molar-refractivity contribution in [2.75, 3.05) is 0 Å². The predicted molar refractivity (Wildman–Crippen MR) is 113 cm³/mol. The lowest BCUT2D eigenvalue weighted by molar-refractivity contribution is 0.763. The third-order valence-electron chi connectivity index (χ3n) is 4.95. The van der Waals surface area contributed by atoms with Crippen LogP contribution in [0.1, 0.15) is 22.5 Å². The lowest BCUT2D eigenvalue weighted by Crippen LogP contribution is -2.23. The maximum absolute atomic E-state index is 12.6. The maximum Gasteiger partial charge on any atom is 0.281 e. The molecule has 0 N–H and O–H groups in total. The number of rotatable bonds is 1. The highest BCUT2D eigenvalue weighted by Crippen LogP contribution is 2.33. The Bertz CT molecular complexity index is 1270. The van der Waals surface area contributed by atoms with Crippen LogP contribution in [0.2, 0.25) is 0 Å². The molecule has 5 rings (SSSR count). The number of benzene rings is 3. The average Bonchev–Trinajstić information content (AvgIpc) is 2.70. The van der Waals surface area contributed by atoms with E-state index in [1.165, 1.54) is 5.56 Å². The van der Waals surface area contributed by atoms with Gasteiger partial charge in [-0.2, -0.15) is 4.98 Å². The minimum absolute atomic E-state index is 0.182. The van der Waals surface area contributed by atoms with E-state index in [0.717, 1.165) is 32.5 Å². The van der Waals surface area contributed by atoms with E-state index in [2.05, 4.69) is 61.9 Å². The number of fused-ring (bicyclic) bond motifs is 4. The van der Waals surface area contributed by atoms with Crippen LogP contribution in [-0.4, -0.2) is 9.55 Å². The Morgan fingerprint density at radius 2 is 1.67 bits per heavy atom. The fourth-order valence-corrected chi connectivity index (χ4v) is 3.93. The number of nitrogens with zero attached hydrogens (tertiary/aromatic N) is 2. The molecule has 1 aliphatic heterocycles. The molecule has 0 unspecified atom stereocenters. The van der Waals surface area contributed by atoms with Crippen LogP contribution in [0, 0.1) is 0 Å². The lowest BCUT2D eigenvalue weighted by atomic mass is 9.93. The van der Waals surface area contributed by atoms with E-state index < -0.39 is 0 Å². The number of aromatic nitrogens is 2. The van der Waals surface area contributed by atoms with Gasteiger partial charge in [-0.3, -0.25) is 4.79 Å². The largest absolute Gasteiger partial charge is 0.320 e. The number of hydrogen-bond acceptors (Lipinski definition) is 2. The normalized spacial score (nSPS) is 14.2. The Morgan fingerprint density at radius 3 is 2.52 bits per heavy atom. The summed E-state index contributed by atoms with van der Waals surface area (Å²) >= 11 is 3.48. The molecule has 0 saturated carbocycles. The van der Waals surface area contributed by atoms with Gasteiger partial charge in [0.1, 0.15) is 5.82 Å². The van der Waals surface area contributed by atoms with Gasteiger partial charge in [-0.1, -0.05) is 64.5 Å². The molecule has 0 aliphatic carbocycles. The molecule has 130 valence electrons. The highest BCUT2D eigenvalue weighted by molar-refractivity contribution is 9.10. The third-order valence-corrected chi connectivity index (χ3v) is 5.47. The molecule has 2 heterocycles. The highest BCUT2D eigenvalue weighted by Gasteiger charge is 2.23. The molecule has 0 amide bonds. The van der Waals surface area contributed by atoms with Gasteiger partial charge in [-0.25, -0.2) is 0 Å². The van der Waals surface area contributed by atoms with Crippen LogP contribution in [-0.2, 0) is 6.54 Å². The van der Waals surface area contributed by atoms with E-state index in [0.29, 0.717) is 11.9 Å². The van der Waals surface area contributed by atoms with E-state index in [4.69, 9.17) is 0 Å². The maximum atomic E-state index is 12.6. The molecular formula is C23H15BrN2O. The molecule has 0 atom stereocenters. The van der Waals surface area contributed by atoms with Crippen molar-refractivity contribution in [2.45, 2.75) is 6.54 Å². The van der Waals surface area contributed by atoms with Crippen molar-refractivity contribution in [2.24, 2.45) is 0 Å². The molecule has 0 spiro atoms. The van der Waals surface area contributed by atoms with Crippen LogP contribution in [0.15, 0.2) is 82.1 Å². The van der Waals surface area contributed by atoms with Crippen molar-refractivity contribution in [1.82, 2.24) is 9.55 Å². The molecule has 27 heavy (non-hydrogen) atoms. The zero-order chi connectivity index (χ0) is 18.4. The molecule has 3 aromatic carbocycles. The molecule has 4 heteroatoms. The van der Waals surface area contributed by atoms with Gasteiger partial charge in [0, 0.05) is 10.0 Å². The highest BCUT2D eigenvalue weighted by atomic mass is 79.9. The SMILES string of the molecule is O=c1nc2n(c3ccccc13)Cc1ccccc1C2=Cc1ccc(Br)cc1. The van der Waals surface area contributed by atoms with Gasteiger partial charge >= 0.3 is 0 Å². The van der Waals surface area contributed by atoms with Crippen molar-refractivity contribution in [3.8, 4) is 0 Å². The molecular weight excluding hydrogens is 400 g/mol. The van der Waals surface area contributed by atoms with Crippen molar-refractivity contribution in [3.05, 3.63) is 110 Å². The van der Waals surface area contributed by atoms with E-state index in [9.17, 15) is 4.79 Å². The first-order chi connectivity index (χ1) is 13.2. The standard InChI is InChI=1S/C23H15BrN2O/c24-17-11-9-15(10-12-17)13-20-18-6-2-1-5-16(18)14-26-21-8-4-3-7-19(21)23(27)25-22(20)26/h1-13H,14H2. The number of hydrogen-bond donors (Lipinski definition) is 0. The third kappa shape index (κ3) is 2.73. The summed E-state index contributed by atoms with van der Waals surface area (Å²) in [4.78, 5) is 17.1. The average molecular weight is 415 g/mol. The molecule has 0 saturated heterocycles. The van der Waals surface area contributed by atoms with E-state index in [1.807, 2.05) is 42.5 Å². The quantitative estimate of drug-likeness (QED) is 0.382. The molecule has 0 radical (unpaired) electrons. The molecule has 1 aliphatic rings. The van der Waals surface area contributed by atoms with E-state index in [1.54, 1.807) is 0 Å². The molecule has 0 fully saturated rings. The lowest BCUT2D eigenvalue weighted by Gasteiger charge is -2.25. The van der Waals surface area contributed by atoms with Crippen LogP contribution >= 0.6 is 15.9 Å². The van der Waals surface area contributed by atoms with Gasteiger partial charge in [0.15, 0.2) is 0 Å². The minimum Gasteiger partial charge on any atom is -0.320 e. The predicted octanol–water partition coefficient (Wildman–Crippen LogP) is 5.11. The second kappa shape index (κ2) is 6.32. The second-order valence-electron chi connectivity index (χ2n) is 6.61. The summed E-state index contributed by atoms with van der Waals surface area (Å²) in [6.45, 7) is 0.705. The Kier molecular flexibility index (Phi) is 3.80. The van der Waals surface area contributed by atoms with Gasteiger partial charge in [-0.05, 0) is 47.0 Å². The first-order valence-corrected chi connectivity index (χ1v) is 9.55. The Labute approximate surface area is 164 Å². The van der Waals surface area contributed by atoms with Crippen molar-refractivity contribution >= 4 is 38.5 Å². The Morgan fingerprint density at radius 1 is 0.926 bits per heavy atom. The molecule has 3 nitrogen and oxygen atoms in total. The van der Waals surface area contributed by atoms with Crippen molar-refractivity contribution in [1.29, 1.82) is 0 Å². The summed E-state index contributed by atoms with van der Waals surface area (Å²) in [5, 5.41) is 0.656. The van der Waals surface area contributed by atoms with Gasteiger partial charge in [0.25, 0.3) is 5.56 Å². The van der Waals surface area contributed by atoms with Gasteiger partial charge in [0.2, 0.25) is 0 Å². The van der Waals surface area contributed by atoms with E-state index in [-0.39, 0.29) is 5.56 Å². The summed E-state index contributed by atoms with van der Waals surface area (Å²) in [5.74, 6) is 0.723. The zero-order valence-electron chi connectivity index (χ0n) is 14.4. The van der Waals surface area contributed by atoms with Gasteiger partial charge in [0.05, 0.1) is 17.4 Å². The van der Waals surface area contributed by atoms with Gasteiger partial charge in [-0.15, -0.1) is 0 Å². The molecule has 1 aromatic heterocycles.